The first-order chi connectivity index (χ1) is 7.36. The van der Waals surface area contributed by atoms with Gasteiger partial charge in [0, 0.05) is 27.2 Å². The zero-order chi connectivity index (χ0) is 12.7. The molecule has 0 aliphatic carbocycles. The van der Waals surface area contributed by atoms with Gasteiger partial charge in [0.2, 0.25) is 0 Å². The van der Waals surface area contributed by atoms with Crippen molar-refractivity contribution in [3.05, 3.63) is 0 Å². The van der Waals surface area contributed by atoms with Crippen LogP contribution in [0.5, 0.6) is 0 Å². The molecule has 0 aliphatic heterocycles. The molecule has 0 bridgehead atoms. The lowest BCUT2D eigenvalue weighted by Crippen LogP contribution is -2.45. The van der Waals surface area contributed by atoms with E-state index >= 15 is 0 Å². The van der Waals surface area contributed by atoms with Gasteiger partial charge in [0.05, 0.1) is 0 Å². The van der Waals surface area contributed by atoms with Crippen molar-refractivity contribution in [3.8, 4) is 0 Å². The molecule has 0 rings (SSSR count). The van der Waals surface area contributed by atoms with Crippen LogP contribution in [-0.2, 0) is 4.79 Å². The summed E-state index contributed by atoms with van der Waals surface area (Å²) in [6.45, 7) is 4.52. The fourth-order valence-corrected chi connectivity index (χ4v) is 1.16. The summed E-state index contributed by atoms with van der Waals surface area (Å²) >= 11 is 0. The van der Waals surface area contributed by atoms with Crippen molar-refractivity contribution >= 4 is 12.0 Å². The van der Waals surface area contributed by atoms with Gasteiger partial charge in [0.1, 0.15) is 6.04 Å². The highest BCUT2D eigenvalue weighted by Gasteiger charge is 2.19. The van der Waals surface area contributed by atoms with Crippen molar-refractivity contribution in [1.29, 1.82) is 0 Å². The van der Waals surface area contributed by atoms with Gasteiger partial charge in [-0.15, -0.1) is 0 Å². The second-order valence-corrected chi connectivity index (χ2v) is 4.14. The van der Waals surface area contributed by atoms with Gasteiger partial charge >= 0.3 is 12.0 Å². The number of urea groups is 1. The Bertz CT molecular complexity index is 241. The molecule has 0 radical (unpaired) electrons. The summed E-state index contributed by atoms with van der Waals surface area (Å²) in [5, 5.41) is 14.4. The quantitative estimate of drug-likeness (QED) is 0.560. The molecule has 3 N–H and O–H groups in total. The van der Waals surface area contributed by atoms with Crippen LogP contribution in [-0.4, -0.2) is 55.2 Å². The molecule has 0 fully saturated rings. The minimum Gasteiger partial charge on any atom is -0.480 e. The minimum absolute atomic E-state index is 0.0158. The number of nitrogens with one attached hydrogen (secondary N) is 2. The third-order valence-electron chi connectivity index (χ3n) is 2.10. The Morgan fingerprint density at radius 1 is 1.25 bits per heavy atom. The monoisotopic (exact) mass is 231 g/mol. The summed E-state index contributed by atoms with van der Waals surface area (Å²) in [4.78, 5) is 23.4. The molecule has 2 amide bonds. The SMILES string of the molecule is CC(C)C(NCCNC(=O)N(C)C)C(=O)O. The van der Waals surface area contributed by atoms with Crippen LogP contribution in [0.25, 0.3) is 0 Å². The van der Waals surface area contributed by atoms with Crippen LogP contribution in [0.3, 0.4) is 0 Å². The first kappa shape index (κ1) is 14.7. The molecule has 0 saturated heterocycles. The first-order valence-electron chi connectivity index (χ1n) is 5.27. The molecule has 0 saturated carbocycles. The van der Waals surface area contributed by atoms with Crippen LogP contribution < -0.4 is 10.6 Å². The van der Waals surface area contributed by atoms with Crippen LogP contribution in [0.2, 0.25) is 0 Å². The normalized spacial score (nSPS) is 12.3. The Morgan fingerprint density at radius 3 is 2.19 bits per heavy atom. The van der Waals surface area contributed by atoms with E-state index in [4.69, 9.17) is 5.11 Å². The summed E-state index contributed by atoms with van der Waals surface area (Å²) in [5.74, 6) is -0.851. The number of hydrogen-bond acceptors (Lipinski definition) is 3. The highest BCUT2D eigenvalue weighted by atomic mass is 16.4. The van der Waals surface area contributed by atoms with E-state index in [1.54, 1.807) is 14.1 Å². The molecule has 6 heteroatoms. The molecule has 0 aromatic rings. The van der Waals surface area contributed by atoms with Gasteiger partial charge in [0.15, 0.2) is 0 Å². The fraction of sp³-hybridized carbons (Fsp3) is 0.800. The Balaban J connectivity index is 3.80. The molecule has 0 aromatic heterocycles. The topological polar surface area (TPSA) is 81.7 Å². The van der Waals surface area contributed by atoms with Crippen LogP contribution >= 0.6 is 0 Å². The number of rotatable bonds is 6. The molecular formula is C10H21N3O3. The predicted molar refractivity (Wildman–Crippen MR) is 61.4 cm³/mol. The van der Waals surface area contributed by atoms with Crippen molar-refractivity contribution in [1.82, 2.24) is 15.5 Å². The summed E-state index contributed by atoms with van der Waals surface area (Å²) in [7, 11) is 3.30. The van der Waals surface area contributed by atoms with Gasteiger partial charge in [-0.05, 0) is 5.92 Å². The third-order valence-corrected chi connectivity index (χ3v) is 2.10. The molecule has 0 aromatic carbocycles. The molecule has 0 spiro atoms. The number of amides is 2. The van der Waals surface area contributed by atoms with Crippen LogP contribution in [0.1, 0.15) is 13.8 Å². The van der Waals surface area contributed by atoms with Gasteiger partial charge < -0.3 is 20.6 Å². The summed E-state index contributed by atoms with van der Waals surface area (Å²) in [5.41, 5.74) is 0. The van der Waals surface area contributed by atoms with Gasteiger partial charge in [-0.3, -0.25) is 4.79 Å². The lowest BCUT2D eigenvalue weighted by atomic mass is 10.1. The van der Waals surface area contributed by atoms with Gasteiger partial charge in [-0.25, -0.2) is 4.79 Å². The maximum absolute atomic E-state index is 11.1. The number of carboxylic acid groups (broad SMARTS) is 1. The van der Waals surface area contributed by atoms with E-state index in [0.29, 0.717) is 13.1 Å². The van der Waals surface area contributed by atoms with Gasteiger partial charge in [-0.2, -0.15) is 0 Å². The lowest BCUT2D eigenvalue weighted by Gasteiger charge is -2.18. The first-order valence-corrected chi connectivity index (χ1v) is 5.27. The van der Waals surface area contributed by atoms with Crippen molar-refractivity contribution in [2.45, 2.75) is 19.9 Å². The van der Waals surface area contributed by atoms with E-state index in [2.05, 4.69) is 10.6 Å². The fourth-order valence-electron chi connectivity index (χ4n) is 1.16. The Hall–Kier alpha value is -1.30. The summed E-state index contributed by atoms with van der Waals surface area (Å²) in [6, 6.07) is -0.755. The van der Waals surface area contributed by atoms with E-state index in [0.717, 1.165) is 0 Å². The maximum atomic E-state index is 11.1. The van der Waals surface area contributed by atoms with Crippen molar-refractivity contribution in [2.24, 2.45) is 5.92 Å². The zero-order valence-electron chi connectivity index (χ0n) is 10.3. The number of nitrogens with zero attached hydrogens (tertiary/aromatic N) is 1. The lowest BCUT2D eigenvalue weighted by molar-refractivity contribution is -0.140. The van der Waals surface area contributed by atoms with Crippen molar-refractivity contribution < 1.29 is 14.7 Å². The minimum atomic E-state index is -0.867. The van der Waals surface area contributed by atoms with E-state index < -0.39 is 12.0 Å². The second-order valence-electron chi connectivity index (χ2n) is 4.14. The molecule has 16 heavy (non-hydrogen) atoms. The largest absolute Gasteiger partial charge is 0.480 e. The Kier molecular flexibility index (Phi) is 6.48. The Morgan fingerprint density at radius 2 is 1.81 bits per heavy atom. The van der Waals surface area contributed by atoms with Crippen LogP contribution in [0.15, 0.2) is 0 Å². The van der Waals surface area contributed by atoms with Gasteiger partial charge in [-0.1, -0.05) is 13.8 Å². The number of carboxylic acids is 1. The molecule has 6 nitrogen and oxygen atoms in total. The van der Waals surface area contributed by atoms with E-state index in [1.165, 1.54) is 4.90 Å². The van der Waals surface area contributed by atoms with E-state index in [1.807, 2.05) is 13.8 Å². The third kappa shape index (κ3) is 5.55. The second kappa shape index (κ2) is 7.05. The van der Waals surface area contributed by atoms with E-state index in [9.17, 15) is 9.59 Å². The smallest absolute Gasteiger partial charge is 0.320 e. The number of carbonyl (C=O) groups is 2. The number of hydrogen-bond donors (Lipinski definition) is 3. The highest BCUT2D eigenvalue weighted by molar-refractivity contribution is 5.74. The standard InChI is InChI=1S/C10H21N3O3/c1-7(2)8(9(14)15)11-5-6-12-10(16)13(3)4/h7-8,11H,5-6H2,1-4H3,(H,12,16)(H,14,15). The molecule has 0 heterocycles. The average Bonchev–Trinajstić information content (AvgIpc) is 2.15. The molecule has 0 aliphatic rings. The van der Waals surface area contributed by atoms with Crippen LogP contribution in [0, 0.1) is 5.92 Å². The van der Waals surface area contributed by atoms with Crippen LogP contribution in [0.4, 0.5) is 4.79 Å². The molecule has 1 atom stereocenters. The molecule has 1 unspecified atom stereocenters. The summed E-state index contributed by atoms with van der Waals surface area (Å²) < 4.78 is 0. The van der Waals surface area contributed by atoms with Crippen molar-refractivity contribution in [2.75, 3.05) is 27.2 Å². The number of carbonyl (C=O) groups excluding carboxylic acids is 1. The Labute approximate surface area is 96.0 Å². The maximum Gasteiger partial charge on any atom is 0.320 e. The van der Waals surface area contributed by atoms with Gasteiger partial charge in [0.25, 0.3) is 0 Å². The average molecular weight is 231 g/mol. The summed E-state index contributed by atoms with van der Waals surface area (Å²) in [6.07, 6.45) is 0. The number of aliphatic carboxylic acids is 1. The van der Waals surface area contributed by atoms with E-state index in [-0.39, 0.29) is 11.9 Å². The molecule has 94 valence electrons. The predicted octanol–water partition coefficient (Wildman–Crippen LogP) is -0.0436. The zero-order valence-corrected chi connectivity index (χ0v) is 10.3. The molecular weight excluding hydrogens is 210 g/mol. The highest BCUT2D eigenvalue weighted by Crippen LogP contribution is 2.00. The van der Waals surface area contributed by atoms with Crippen molar-refractivity contribution in [3.63, 3.8) is 0 Å².